The zero-order valence-electron chi connectivity index (χ0n) is 90.8. The van der Waals surface area contributed by atoms with Crippen molar-refractivity contribution in [3.63, 3.8) is 0 Å². The van der Waals surface area contributed by atoms with E-state index < -0.39 is 95.2 Å². The van der Waals surface area contributed by atoms with Crippen molar-refractivity contribution in [3.05, 3.63) is 42.5 Å². The van der Waals surface area contributed by atoms with E-state index in [0.29, 0.717) is 61.6 Å². The van der Waals surface area contributed by atoms with Crippen molar-refractivity contribution in [3.8, 4) is 12.3 Å². The molecule has 0 saturated heterocycles. The van der Waals surface area contributed by atoms with Gasteiger partial charge in [-0.05, 0) is 305 Å². The topological polar surface area (TPSA) is 454 Å². The highest BCUT2D eigenvalue weighted by Gasteiger charge is 2.42. The summed E-state index contributed by atoms with van der Waals surface area (Å²) in [7, 11) is 1.49. The summed E-state index contributed by atoms with van der Waals surface area (Å²) in [5, 5.41) is 43.5. The third-order valence-corrected chi connectivity index (χ3v) is 21.5. The summed E-state index contributed by atoms with van der Waals surface area (Å²) in [6.45, 7) is 60.6. The molecule has 0 spiro atoms. The molecule has 31 nitrogen and oxygen atoms in total. The number of anilines is 1. The molecule has 8 rings (SSSR count). The minimum absolute atomic E-state index is 0.0447. The number of carbonyl (C=O) groups is 16. The van der Waals surface area contributed by atoms with Gasteiger partial charge in [0.25, 0.3) is 41.4 Å². The number of Topliss-reactive ketones (excluding diaryl/α,β-unsaturated/α-hetero) is 9. The smallest absolute Gasteiger partial charge is 0.293 e. The molecule has 140 heavy (non-hydrogen) atoms. The third-order valence-electron chi connectivity index (χ3n) is 21.5. The highest BCUT2D eigenvalue weighted by atomic mass is 19.3. The van der Waals surface area contributed by atoms with Gasteiger partial charge in [-0.3, -0.25) is 76.7 Å². The Hall–Kier alpha value is -8.62. The summed E-state index contributed by atoms with van der Waals surface area (Å²) < 4.78 is 24.9. The Morgan fingerprint density at radius 3 is 0.921 bits per heavy atom. The van der Waals surface area contributed by atoms with Crippen molar-refractivity contribution in [1.82, 2.24) is 74.4 Å². The van der Waals surface area contributed by atoms with Crippen LogP contribution in [0.4, 0.5) is 14.5 Å². The lowest BCUT2D eigenvalue weighted by Gasteiger charge is -2.27. The number of amides is 7. The lowest BCUT2D eigenvalue weighted by Crippen LogP contribution is -2.52. The second-order valence-corrected chi connectivity index (χ2v) is 46.7. The number of nitrogens with one attached hydrogen (secondary N) is 15. The first-order valence-electron chi connectivity index (χ1n) is 50.8. The summed E-state index contributed by atoms with van der Waals surface area (Å²) in [6.07, 6.45) is 25.9. The molecule has 1 aromatic carbocycles. The minimum Gasteiger partial charge on any atom is -0.353 e. The summed E-state index contributed by atoms with van der Waals surface area (Å²) in [4.78, 5) is 189. The van der Waals surface area contributed by atoms with Crippen molar-refractivity contribution in [1.29, 1.82) is 0 Å². The zero-order chi connectivity index (χ0) is 108. The van der Waals surface area contributed by atoms with Crippen LogP contribution in [0.25, 0.3) is 0 Å². The zero-order valence-corrected chi connectivity index (χ0v) is 90.8. The van der Waals surface area contributed by atoms with E-state index in [1.54, 1.807) is 26.8 Å². The summed E-state index contributed by atoms with van der Waals surface area (Å²) in [5.74, 6) is -2.31. The van der Waals surface area contributed by atoms with Gasteiger partial charge in [-0.25, -0.2) is 8.78 Å². The van der Waals surface area contributed by atoms with Gasteiger partial charge in [0.05, 0.1) is 48.3 Å². The lowest BCUT2D eigenvalue weighted by atomic mass is 9.99. The maximum Gasteiger partial charge on any atom is 0.293 e. The van der Waals surface area contributed by atoms with Crippen LogP contribution in [-0.2, 0) is 76.7 Å². The average molecular weight is 1970 g/mol. The summed E-state index contributed by atoms with van der Waals surface area (Å²) >= 11 is 0. The van der Waals surface area contributed by atoms with E-state index in [2.05, 4.69) is 92.3 Å². The van der Waals surface area contributed by atoms with E-state index in [1.807, 2.05) is 191 Å². The molecule has 7 fully saturated rings. The van der Waals surface area contributed by atoms with Crippen LogP contribution < -0.4 is 79.8 Å². The van der Waals surface area contributed by atoms with Gasteiger partial charge in [-0.1, -0.05) is 96.3 Å². The average Bonchev–Trinajstić information content (AvgIpc) is 1.70. The van der Waals surface area contributed by atoms with Gasteiger partial charge in [0, 0.05) is 108 Å². The fourth-order valence-electron chi connectivity index (χ4n) is 14.2. The van der Waals surface area contributed by atoms with Gasteiger partial charge in [0.15, 0.2) is 5.78 Å². The number of likely N-dealkylation sites (N-methyl/N-ethyl adjacent to an activating group) is 2. The largest absolute Gasteiger partial charge is 0.353 e. The molecular formula is C107H183F2N15O16. The predicted molar refractivity (Wildman–Crippen MR) is 551 cm³/mol. The molecule has 0 heterocycles. The van der Waals surface area contributed by atoms with Crippen LogP contribution in [0.15, 0.2) is 36.9 Å². The van der Waals surface area contributed by atoms with Crippen molar-refractivity contribution in [2.75, 3.05) is 25.5 Å². The molecule has 796 valence electrons. The Kier molecular flexibility index (Phi) is 56.2. The first-order valence-corrected chi connectivity index (χ1v) is 50.8. The standard InChI is InChI=1S/C17H26N2O2.C14H24N2O2.C14H22N2O2.2C13H24N2O2.C12H20F2N2O2.C12H22N2O2.C12H21NO2/c1-6-8-14(19-17(3,4)5)15(20)16(21)18-13-10-7-9-12(2)11-13;1-14(2,3)16-11(8-9-4-5-9)12(17)13(18)15-10-6-7-10;1-6-8-9-11(16-14(3,4)5)12(17)13(18)15-10-7-2;1-5-14-12(17)11(16)10(8-9-6-7-9)15-13(2,3)4;1-5-6-10(15-13(2,3)4)11(16)12(17)14-9-7-8-9;1-12(2,3)16-8(6-9(13)14)10(17)11(18)15-7-4-5-7;1-12(2,3)14-9(7-8-5-6-8)10(15)11(16)13-4;1-8(14)11(15)10(7-9-5-6-9)13-12(2,3)4/h7,9-11,14,19H,6,8H2,1-5H3,(H,18,21);9-11,16H,4-8H2,1-3H3,(H,15,18);1,7,11,16H,2,8-10H2,3-5H3,(H,15,18);2*9-10,15H,5-8H2,1-4H3,(H,14,17);7-9,16H,4-6H2,1-3H3,(H,15,18);8-9,14H,5-7H2,1-4H3,(H,13,16);9-10,13H,5-7H2,1-4H3/t;;;10-;;;9-;10-/m...0..00/s1. The van der Waals surface area contributed by atoms with Crippen LogP contribution in [0.3, 0.4) is 0 Å². The highest BCUT2D eigenvalue weighted by Crippen LogP contribution is 2.37. The molecule has 5 unspecified atom stereocenters. The summed E-state index contributed by atoms with van der Waals surface area (Å²) in [5.41, 5.74) is -0.000419. The Labute approximate surface area is 837 Å². The molecule has 0 aromatic heterocycles. The molecule has 1 aromatic rings. The fraction of sp³-hybridized carbons (Fsp3) is 0.757. The van der Waals surface area contributed by atoms with Crippen molar-refractivity contribution in [2.45, 2.75) is 479 Å². The lowest BCUT2D eigenvalue weighted by molar-refractivity contribution is -0.140. The molecule has 0 radical (unpaired) electrons. The van der Waals surface area contributed by atoms with Crippen LogP contribution in [-0.4, -0.2) is 231 Å². The predicted octanol–water partition coefficient (Wildman–Crippen LogP) is 11.9. The molecule has 0 aliphatic heterocycles. The number of terminal acetylenes is 1. The van der Waals surface area contributed by atoms with Gasteiger partial charge in [-0.2, -0.15) is 0 Å². The van der Waals surface area contributed by atoms with Crippen molar-refractivity contribution in [2.24, 2.45) is 23.7 Å². The molecule has 7 aliphatic rings. The second kappa shape index (κ2) is 60.9. The Balaban J connectivity index is 0.000000801. The number of alkyl halides is 2. The maximum atomic E-state index is 12.4. The maximum absolute atomic E-state index is 12.4. The van der Waals surface area contributed by atoms with Gasteiger partial charge >= 0.3 is 0 Å². The monoisotopic (exact) mass is 1970 g/mol. The number of rotatable bonds is 47. The van der Waals surface area contributed by atoms with Crippen LogP contribution in [0.2, 0.25) is 0 Å². The molecule has 7 amide bonds. The van der Waals surface area contributed by atoms with E-state index in [-0.39, 0.29) is 128 Å². The SMILES string of the molecule is C#CCCC(NC(C)(C)C)C(=O)C(=O)NCC=C.CC(=O)C(=O)[C@H](CC1CC1)NC(C)(C)C.CC(C)(C)NC(CC(F)F)C(=O)C(=O)NC1CC1.CC(C)(C)NC(CC1CC1)C(=O)C(=O)NC1CC1.CCCC(NC(C)(C)C)C(=O)C(=O)NC1CC1.CCCC(NC(C)(C)C)C(=O)C(=O)Nc1cccc(C)c1.CCNC(=O)C(=O)[C@H](CC1CC1)NC(C)(C)C.CNC(=O)C(=O)[C@H](CC1CC1)NC(C)(C)C. The van der Waals surface area contributed by atoms with Crippen LogP contribution in [0.5, 0.6) is 0 Å². The van der Waals surface area contributed by atoms with Gasteiger partial charge < -0.3 is 79.8 Å². The molecular weight excluding hydrogens is 1790 g/mol. The van der Waals surface area contributed by atoms with Gasteiger partial charge in [-0.15, -0.1) is 18.9 Å². The summed E-state index contributed by atoms with van der Waals surface area (Å²) in [6, 6.07) is 4.18. The van der Waals surface area contributed by atoms with E-state index in [9.17, 15) is 85.5 Å². The second-order valence-electron chi connectivity index (χ2n) is 46.7. The minimum atomic E-state index is -2.62. The quantitative estimate of drug-likeness (QED) is 0.0164. The van der Waals surface area contributed by atoms with E-state index in [1.165, 1.54) is 71.4 Å². The molecule has 33 heteroatoms. The highest BCUT2D eigenvalue weighted by molar-refractivity contribution is 6.43. The first-order chi connectivity index (χ1) is 64.4. The van der Waals surface area contributed by atoms with Crippen LogP contribution in [0.1, 0.15) is 360 Å². The molecule has 15 N–H and O–H groups in total. The fourth-order valence-corrected chi connectivity index (χ4v) is 14.2. The van der Waals surface area contributed by atoms with E-state index >= 15 is 0 Å². The molecule has 0 bridgehead atoms. The van der Waals surface area contributed by atoms with Crippen molar-refractivity contribution < 1.29 is 85.5 Å². The first kappa shape index (κ1) is 129. The molecule has 8 atom stereocenters. The number of ketones is 9. The third kappa shape index (κ3) is 64.8. The number of hydrogen-bond acceptors (Lipinski definition) is 24. The molecule has 7 aliphatic carbocycles. The van der Waals surface area contributed by atoms with Crippen molar-refractivity contribution >= 4 is 99.1 Å². The number of aryl methyl sites for hydroxylation is 1. The Bertz CT molecular complexity index is 4160. The molecule has 7 saturated carbocycles. The van der Waals surface area contributed by atoms with Gasteiger partial charge in [0.1, 0.15) is 0 Å². The number of carbonyl (C=O) groups excluding carboxylic acids is 16. The van der Waals surface area contributed by atoms with Crippen LogP contribution >= 0.6 is 0 Å². The van der Waals surface area contributed by atoms with Gasteiger partial charge in [0.2, 0.25) is 52.7 Å². The van der Waals surface area contributed by atoms with E-state index in [0.717, 1.165) is 82.6 Å². The van der Waals surface area contributed by atoms with E-state index in [4.69, 9.17) is 6.42 Å². The normalized spacial score (nSPS) is 16.9. The number of halogens is 2. The van der Waals surface area contributed by atoms with Crippen LogP contribution in [0, 0.1) is 42.9 Å². The number of hydrogen-bond donors (Lipinski definition) is 15. The Morgan fingerprint density at radius 1 is 0.379 bits per heavy atom. The number of benzene rings is 1. The Morgan fingerprint density at radius 2 is 0.650 bits per heavy atom.